The number of hydrogen-bond donors (Lipinski definition) is 1. The summed E-state index contributed by atoms with van der Waals surface area (Å²) in [6.07, 6.45) is 0. The van der Waals surface area contributed by atoms with Gasteiger partial charge in [-0.3, -0.25) is 9.78 Å². The molecule has 0 radical (unpaired) electrons. The summed E-state index contributed by atoms with van der Waals surface area (Å²) in [5.74, 6) is 0.267. The molecule has 0 aliphatic rings. The molecule has 4 aromatic rings. The molecular formula is C14H11N7O. The molecule has 0 amide bonds. The average Bonchev–Trinajstić information content (AvgIpc) is 2.93. The van der Waals surface area contributed by atoms with Crippen molar-refractivity contribution in [1.29, 1.82) is 0 Å². The van der Waals surface area contributed by atoms with E-state index in [-0.39, 0.29) is 17.0 Å². The lowest BCUT2D eigenvalue weighted by Crippen LogP contribution is -2.17. The number of nitrogens with zero attached hydrogens (tertiary/aromatic N) is 6. The summed E-state index contributed by atoms with van der Waals surface area (Å²) in [6.45, 7) is 3.63. The van der Waals surface area contributed by atoms with Gasteiger partial charge in [0.1, 0.15) is 5.52 Å². The normalized spacial score (nSPS) is 11.4. The molecule has 0 aliphatic carbocycles. The van der Waals surface area contributed by atoms with Crippen molar-refractivity contribution < 1.29 is 0 Å². The highest BCUT2D eigenvalue weighted by Gasteiger charge is 2.13. The molecule has 0 atom stereocenters. The van der Waals surface area contributed by atoms with E-state index in [1.54, 1.807) is 6.92 Å². The first-order valence-electron chi connectivity index (χ1n) is 6.69. The number of fused-ring (bicyclic) bond motifs is 2. The number of H-pyrrole nitrogens is 1. The zero-order chi connectivity index (χ0) is 15.3. The van der Waals surface area contributed by atoms with Crippen LogP contribution in [0, 0.1) is 13.8 Å². The Morgan fingerprint density at radius 1 is 1.05 bits per heavy atom. The third-order valence-corrected chi connectivity index (χ3v) is 3.49. The van der Waals surface area contributed by atoms with Crippen molar-refractivity contribution in [3.63, 3.8) is 0 Å². The highest BCUT2D eigenvalue weighted by atomic mass is 16.1. The predicted octanol–water partition coefficient (Wildman–Crippen LogP) is 1.06. The molecule has 4 rings (SSSR count). The van der Waals surface area contributed by atoms with E-state index in [1.165, 1.54) is 4.68 Å². The van der Waals surface area contributed by atoms with Crippen LogP contribution < -0.4 is 5.56 Å². The van der Waals surface area contributed by atoms with Crippen LogP contribution >= 0.6 is 0 Å². The lowest BCUT2D eigenvalue weighted by atomic mass is 10.3. The Morgan fingerprint density at radius 2 is 1.82 bits per heavy atom. The first-order chi connectivity index (χ1) is 10.6. The third-order valence-electron chi connectivity index (χ3n) is 3.49. The van der Waals surface area contributed by atoms with E-state index >= 15 is 0 Å². The van der Waals surface area contributed by atoms with E-state index in [9.17, 15) is 4.79 Å². The molecule has 0 unspecified atom stereocenters. The maximum absolute atomic E-state index is 12.2. The zero-order valence-corrected chi connectivity index (χ0v) is 11.9. The van der Waals surface area contributed by atoms with Gasteiger partial charge in [-0.2, -0.15) is 9.67 Å². The van der Waals surface area contributed by atoms with Crippen molar-refractivity contribution in [3.8, 4) is 5.95 Å². The summed E-state index contributed by atoms with van der Waals surface area (Å²) in [7, 11) is 0. The number of aromatic amines is 1. The molecule has 0 aliphatic heterocycles. The Labute approximate surface area is 123 Å². The highest BCUT2D eigenvalue weighted by molar-refractivity contribution is 5.76. The van der Waals surface area contributed by atoms with Crippen molar-refractivity contribution in [2.24, 2.45) is 0 Å². The van der Waals surface area contributed by atoms with Gasteiger partial charge in [-0.15, -0.1) is 5.10 Å². The van der Waals surface area contributed by atoms with Gasteiger partial charge < -0.3 is 0 Å². The Hall–Kier alpha value is -3.16. The molecule has 8 heteroatoms. The van der Waals surface area contributed by atoms with Gasteiger partial charge >= 0.3 is 0 Å². The van der Waals surface area contributed by atoms with Crippen LogP contribution in [-0.2, 0) is 0 Å². The lowest BCUT2D eigenvalue weighted by molar-refractivity contribution is 0.772. The van der Waals surface area contributed by atoms with Crippen LogP contribution in [0.1, 0.15) is 11.4 Å². The second-order valence-corrected chi connectivity index (χ2v) is 4.95. The van der Waals surface area contributed by atoms with Gasteiger partial charge in [-0.1, -0.05) is 17.3 Å². The van der Waals surface area contributed by atoms with E-state index in [4.69, 9.17) is 0 Å². The van der Waals surface area contributed by atoms with Crippen LogP contribution in [0.2, 0.25) is 0 Å². The molecule has 0 bridgehead atoms. The highest BCUT2D eigenvalue weighted by Crippen LogP contribution is 2.13. The van der Waals surface area contributed by atoms with Gasteiger partial charge in [0.2, 0.25) is 5.95 Å². The van der Waals surface area contributed by atoms with Gasteiger partial charge in [0, 0.05) is 0 Å². The fourth-order valence-corrected chi connectivity index (χ4v) is 2.24. The molecule has 0 saturated heterocycles. The van der Waals surface area contributed by atoms with Crippen LogP contribution in [-0.4, -0.2) is 34.9 Å². The second kappa shape index (κ2) is 4.42. The van der Waals surface area contributed by atoms with Crippen molar-refractivity contribution in [1.82, 2.24) is 34.9 Å². The number of rotatable bonds is 1. The van der Waals surface area contributed by atoms with Crippen LogP contribution in [0.25, 0.3) is 28.1 Å². The first-order valence-corrected chi connectivity index (χ1v) is 6.69. The maximum atomic E-state index is 12.2. The minimum absolute atomic E-state index is 0.219. The SMILES string of the molecule is Cc1nc2nc(-n3nnc4ccccc43)[nH]c(=O)c2nc1C. The minimum Gasteiger partial charge on any atom is -0.289 e. The van der Waals surface area contributed by atoms with Crippen LogP contribution in [0.4, 0.5) is 0 Å². The summed E-state index contributed by atoms with van der Waals surface area (Å²) in [5.41, 5.74) is 3.07. The predicted molar refractivity (Wildman–Crippen MR) is 79.9 cm³/mol. The largest absolute Gasteiger partial charge is 0.289 e. The Balaban J connectivity index is 2.04. The average molecular weight is 293 g/mol. The molecule has 0 fully saturated rings. The standard InChI is InChI=1S/C14H11N7O/c1-7-8(2)16-12-11(15-7)13(22)18-14(17-12)21-10-6-4-3-5-9(10)19-20-21/h3-6H,1-2H3,(H,16,17,18,22). The number of nitrogens with one attached hydrogen (secondary N) is 1. The summed E-state index contributed by atoms with van der Waals surface area (Å²) in [5, 5.41) is 8.09. The van der Waals surface area contributed by atoms with Crippen molar-refractivity contribution in [2.45, 2.75) is 13.8 Å². The number of aryl methyl sites for hydroxylation is 2. The van der Waals surface area contributed by atoms with E-state index in [2.05, 4.69) is 30.2 Å². The molecule has 3 aromatic heterocycles. The summed E-state index contributed by atoms with van der Waals surface area (Å²) in [6, 6.07) is 7.43. The topological polar surface area (TPSA) is 102 Å². The van der Waals surface area contributed by atoms with Crippen molar-refractivity contribution in [3.05, 3.63) is 46.0 Å². The van der Waals surface area contributed by atoms with E-state index in [0.29, 0.717) is 11.3 Å². The van der Waals surface area contributed by atoms with E-state index in [0.717, 1.165) is 16.7 Å². The molecular weight excluding hydrogens is 282 g/mol. The number of benzene rings is 1. The molecule has 0 saturated carbocycles. The number of para-hydroxylation sites is 1. The third kappa shape index (κ3) is 1.77. The first kappa shape index (κ1) is 12.6. The van der Waals surface area contributed by atoms with Gasteiger partial charge in [-0.05, 0) is 26.0 Å². The summed E-state index contributed by atoms with van der Waals surface area (Å²) in [4.78, 5) is 27.9. The van der Waals surface area contributed by atoms with E-state index in [1.807, 2.05) is 31.2 Å². The van der Waals surface area contributed by atoms with E-state index < -0.39 is 0 Å². The quantitative estimate of drug-likeness (QED) is 0.563. The fraction of sp³-hybridized carbons (Fsp3) is 0.143. The molecule has 1 aromatic carbocycles. The molecule has 8 nitrogen and oxygen atoms in total. The fourth-order valence-electron chi connectivity index (χ4n) is 2.24. The zero-order valence-electron chi connectivity index (χ0n) is 11.9. The maximum Gasteiger partial charge on any atom is 0.280 e. The monoisotopic (exact) mass is 293 g/mol. The van der Waals surface area contributed by atoms with Crippen LogP contribution in [0.3, 0.4) is 0 Å². The van der Waals surface area contributed by atoms with Gasteiger partial charge in [0.05, 0.1) is 16.9 Å². The second-order valence-electron chi connectivity index (χ2n) is 4.95. The van der Waals surface area contributed by atoms with Crippen molar-refractivity contribution >= 4 is 22.2 Å². The molecule has 108 valence electrons. The van der Waals surface area contributed by atoms with Crippen molar-refractivity contribution in [2.75, 3.05) is 0 Å². The summed E-state index contributed by atoms with van der Waals surface area (Å²) < 4.78 is 1.48. The molecule has 3 heterocycles. The number of aromatic nitrogens is 7. The smallest absolute Gasteiger partial charge is 0.280 e. The molecule has 0 spiro atoms. The lowest BCUT2D eigenvalue weighted by Gasteiger charge is -2.04. The summed E-state index contributed by atoms with van der Waals surface area (Å²) >= 11 is 0. The van der Waals surface area contributed by atoms with Crippen LogP contribution in [0.5, 0.6) is 0 Å². The van der Waals surface area contributed by atoms with Gasteiger partial charge in [-0.25, -0.2) is 9.97 Å². The Bertz CT molecular complexity index is 1080. The van der Waals surface area contributed by atoms with Gasteiger partial charge in [0.25, 0.3) is 5.56 Å². The minimum atomic E-state index is -0.352. The molecule has 1 N–H and O–H groups in total. The Morgan fingerprint density at radius 3 is 2.68 bits per heavy atom. The Kier molecular flexibility index (Phi) is 2.52. The molecule has 22 heavy (non-hydrogen) atoms. The van der Waals surface area contributed by atoms with Crippen LogP contribution in [0.15, 0.2) is 29.1 Å². The number of hydrogen-bond acceptors (Lipinski definition) is 6. The van der Waals surface area contributed by atoms with Gasteiger partial charge in [0.15, 0.2) is 11.2 Å².